The maximum atomic E-state index is 12.2. The molecule has 1 aromatic carbocycles. The van der Waals surface area contributed by atoms with Crippen LogP contribution in [0, 0.1) is 0 Å². The average Bonchev–Trinajstić information content (AvgIpc) is 3.14. The van der Waals surface area contributed by atoms with Crippen molar-refractivity contribution in [2.75, 3.05) is 0 Å². The van der Waals surface area contributed by atoms with Crippen LogP contribution in [0.2, 0.25) is 0 Å². The Balaban J connectivity index is 2.08. The third kappa shape index (κ3) is 1.85. The number of benzene rings is 1. The minimum absolute atomic E-state index is 0.325. The number of amides is 1. The number of aryl methyl sites for hydroxylation is 1. The molecule has 0 unspecified atom stereocenters. The van der Waals surface area contributed by atoms with E-state index in [1.165, 1.54) is 16.8 Å². The first-order chi connectivity index (χ1) is 11.1. The minimum Gasteiger partial charge on any atom is -0.351 e. The first-order valence-electron chi connectivity index (χ1n) is 6.88. The van der Waals surface area contributed by atoms with Crippen LogP contribution in [0.5, 0.6) is 0 Å². The van der Waals surface area contributed by atoms with Gasteiger partial charge in [0.2, 0.25) is 0 Å². The van der Waals surface area contributed by atoms with Crippen LogP contribution in [-0.4, -0.2) is 30.0 Å². The fourth-order valence-electron chi connectivity index (χ4n) is 2.77. The lowest BCUT2D eigenvalue weighted by Crippen LogP contribution is -2.27. The molecule has 4 aromatic rings. The van der Waals surface area contributed by atoms with Crippen molar-refractivity contribution in [1.29, 1.82) is 0 Å². The van der Waals surface area contributed by atoms with Crippen molar-refractivity contribution in [3.8, 4) is 11.3 Å². The third-order valence-electron chi connectivity index (χ3n) is 3.82. The molecule has 0 aliphatic rings. The molecule has 3 heterocycles. The van der Waals surface area contributed by atoms with Gasteiger partial charge in [-0.3, -0.25) is 9.48 Å². The summed E-state index contributed by atoms with van der Waals surface area (Å²) in [7, 11) is 1.85. The molecule has 4 rings (SSSR count). The number of hydrogen-bond donors (Lipinski definition) is 1. The first-order valence-corrected chi connectivity index (χ1v) is 6.88. The highest BCUT2D eigenvalue weighted by Gasteiger charge is 2.15. The Labute approximate surface area is 129 Å². The van der Waals surface area contributed by atoms with Gasteiger partial charge >= 0.3 is 6.03 Å². The third-order valence-corrected chi connectivity index (χ3v) is 3.82. The van der Waals surface area contributed by atoms with E-state index in [0.717, 1.165) is 15.4 Å². The van der Waals surface area contributed by atoms with Crippen LogP contribution < -0.4 is 11.3 Å². The summed E-state index contributed by atoms with van der Waals surface area (Å²) in [6.45, 7) is 0. The van der Waals surface area contributed by atoms with Crippen LogP contribution in [0.15, 0.2) is 47.5 Å². The Kier molecular flexibility index (Phi) is 2.61. The Bertz CT molecular complexity index is 1130. The molecule has 0 saturated carbocycles. The molecule has 2 N–H and O–H groups in total. The smallest absolute Gasteiger partial charge is 0.325 e. The molecule has 0 radical (unpaired) electrons. The number of primary amides is 1. The van der Waals surface area contributed by atoms with Gasteiger partial charge in [0.15, 0.2) is 0 Å². The zero-order chi connectivity index (χ0) is 16.1. The first kappa shape index (κ1) is 13.3. The molecule has 1 amide bonds. The Morgan fingerprint density at radius 1 is 1.17 bits per heavy atom. The van der Waals surface area contributed by atoms with Crippen LogP contribution >= 0.6 is 0 Å². The quantitative estimate of drug-likeness (QED) is 0.566. The average molecular weight is 308 g/mol. The molecule has 23 heavy (non-hydrogen) atoms. The number of nitrogens with zero attached hydrogens (tertiary/aromatic N) is 5. The molecule has 0 fully saturated rings. The molecule has 0 bridgehead atoms. The van der Waals surface area contributed by atoms with Gasteiger partial charge in [-0.15, -0.1) is 0 Å². The Morgan fingerprint density at radius 2 is 2.00 bits per heavy atom. The minimum atomic E-state index is -0.684. The largest absolute Gasteiger partial charge is 0.351 e. The molecule has 114 valence electrons. The van der Waals surface area contributed by atoms with E-state index < -0.39 is 6.03 Å². The topological polar surface area (TPSA) is 100 Å². The second-order valence-corrected chi connectivity index (χ2v) is 5.18. The number of hydrogen-bond acceptors (Lipinski definition) is 4. The van der Waals surface area contributed by atoms with Crippen LogP contribution in [0.3, 0.4) is 0 Å². The maximum Gasteiger partial charge on any atom is 0.325 e. The van der Waals surface area contributed by atoms with Gasteiger partial charge in [-0.25, -0.2) is 9.36 Å². The second kappa shape index (κ2) is 4.54. The van der Waals surface area contributed by atoms with E-state index >= 15 is 0 Å². The molecule has 8 heteroatoms. The predicted octanol–water partition coefficient (Wildman–Crippen LogP) is 0.976. The lowest BCUT2D eigenvalue weighted by molar-refractivity contribution is 0.251. The van der Waals surface area contributed by atoms with Gasteiger partial charge in [0, 0.05) is 24.6 Å². The van der Waals surface area contributed by atoms with Gasteiger partial charge in [0.25, 0.3) is 5.56 Å². The molecule has 0 aliphatic carbocycles. The van der Waals surface area contributed by atoms with Crippen molar-refractivity contribution in [3.05, 3.63) is 53.1 Å². The summed E-state index contributed by atoms with van der Waals surface area (Å²) in [5.74, 6) is 0. The summed E-state index contributed by atoms with van der Waals surface area (Å²) < 4.78 is 4.16. The van der Waals surface area contributed by atoms with Gasteiger partial charge < -0.3 is 5.73 Å². The number of rotatable bonds is 1. The van der Waals surface area contributed by atoms with Crippen LogP contribution in [0.25, 0.3) is 27.8 Å². The normalized spacial score (nSPS) is 11.3. The van der Waals surface area contributed by atoms with Gasteiger partial charge in [-0.05, 0) is 17.7 Å². The molecule has 0 saturated heterocycles. The monoisotopic (exact) mass is 308 g/mol. The van der Waals surface area contributed by atoms with E-state index in [4.69, 9.17) is 5.73 Å². The molecule has 0 spiro atoms. The van der Waals surface area contributed by atoms with Crippen molar-refractivity contribution < 1.29 is 4.79 Å². The van der Waals surface area contributed by atoms with Crippen LogP contribution in [-0.2, 0) is 7.05 Å². The van der Waals surface area contributed by atoms with E-state index in [0.29, 0.717) is 16.9 Å². The summed E-state index contributed by atoms with van der Waals surface area (Å²) in [6.07, 6.45) is 3.17. The summed E-state index contributed by atoms with van der Waals surface area (Å²) in [4.78, 5) is 24.1. The fraction of sp³-hybridized carbons (Fsp3) is 0.0667. The lowest BCUT2D eigenvalue weighted by Gasteiger charge is -2.12. The highest BCUT2D eigenvalue weighted by molar-refractivity contribution is 5.89. The molecule has 0 atom stereocenters. The molecule has 8 nitrogen and oxygen atoms in total. The van der Waals surface area contributed by atoms with E-state index in [2.05, 4.69) is 10.2 Å². The fourth-order valence-corrected chi connectivity index (χ4v) is 2.77. The van der Waals surface area contributed by atoms with Crippen molar-refractivity contribution in [2.45, 2.75) is 0 Å². The number of fused-ring (bicyclic) bond motifs is 2. The van der Waals surface area contributed by atoms with Crippen LogP contribution in [0.1, 0.15) is 0 Å². The maximum absolute atomic E-state index is 12.2. The summed E-state index contributed by atoms with van der Waals surface area (Å²) in [6, 6.07) is 7.81. The van der Waals surface area contributed by atoms with Crippen LogP contribution in [0.4, 0.5) is 4.79 Å². The summed E-state index contributed by atoms with van der Waals surface area (Å²) in [5, 5.41) is 9.01. The van der Waals surface area contributed by atoms with Gasteiger partial charge in [-0.2, -0.15) is 14.7 Å². The van der Waals surface area contributed by atoms with E-state index in [1.807, 2.05) is 25.2 Å². The van der Waals surface area contributed by atoms with Crippen molar-refractivity contribution in [3.63, 3.8) is 0 Å². The molecular weight excluding hydrogens is 296 g/mol. The molecular formula is C15H12N6O2. The molecule has 3 aromatic heterocycles. The predicted molar refractivity (Wildman–Crippen MR) is 84.1 cm³/mol. The Morgan fingerprint density at radius 3 is 2.78 bits per heavy atom. The number of carbonyl (C=O) groups excluding carboxylic acids is 1. The zero-order valence-corrected chi connectivity index (χ0v) is 12.2. The Hall–Kier alpha value is -3.42. The lowest BCUT2D eigenvalue weighted by atomic mass is 10.1. The number of nitrogens with two attached hydrogens (primary N) is 1. The van der Waals surface area contributed by atoms with E-state index in [-0.39, 0.29) is 5.56 Å². The van der Waals surface area contributed by atoms with Gasteiger partial charge in [0.05, 0.1) is 23.6 Å². The summed E-state index contributed by atoms with van der Waals surface area (Å²) in [5.41, 5.74) is 7.57. The van der Waals surface area contributed by atoms with E-state index in [1.54, 1.807) is 16.9 Å². The zero-order valence-electron chi connectivity index (χ0n) is 12.2. The SMILES string of the molecule is Cn1ncc2cc(-c3cc(=O)n4nccc4n3C(N)=O)ccc21. The number of aromatic nitrogens is 5. The molecule has 0 aliphatic heterocycles. The highest BCUT2D eigenvalue weighted by atomic mass is 16.2. The summed E-state index contributed by atoms with van der Waals surface area (Å²) >= 11 is 0. The standard InChI is InChI=1S/C15H12N6O2/c1-19-11-3-2-9(6-10(11)8-18-19)12-7-14(22)21-13(4-5-17-21)20(12)15(16)23/h2-8H,1H3,(H2,16,23). The number of carbonyl (C=O) groups is 1. The van der Waals surface area contributed by atoms with E-state index in [9.17, 15) is 9.59 Å². The van der Waals surface area contributed by atoms with Crippen molar-refractivity contribution >= 4 is 22.6 Å². The highest BCUT2D eigenvalue weighted by Crippen LogP contribution is 2.24. The van der Waals surface area contributed by atoms with Gasteiger partial charge in [-0.1, -0.05) is 6.07 Å². The van der Waals surface area contributed by atoms with Gasteiger partial charge in [0.1, 0.15) is 5.65 Å². The second-order valence-electron chi connectivity index (χ2n) is 5.18. The van der Waals surface area contributed by atoms with Crippen molar-refractivity contribution in [2.24, 2.45) is 12.8 Å². The van der Waals surface area contributed by atoms with Crippen molar-refractivity contribution in [1.82, 2.24) is 24.0 Å².